The quantitative estimate of drug-likeness (QED) is 0.777. The first-order valence-electron chi connectivity index (χ1n) is 7.36. The van der Waals surface area contributed by atoms with Crippen LogP contribution in [0.5, 0.6) is 0 Å². The number of halogens is 2. The van der Waals surface area contributed by atoms with Gasteiger partial charge in [-0.15, -0.1) is 0 Å². The highest BCUT2D eigenvalue weighted by atomic mass is 19.3. The van der Waals surface area contributed by atoms with Crippen molar-refractivity contribution < 1.29 is 13.5 Å². The molecule has 1 aliphatic carbocycles. The summed E-state index contributed by atoms with van der Waals surface area (Å²) in [5.41, 5.74) is 8.97. The average molecular weight is 283 g/mol. The van der Waals surface area contributed by atoms with Gasteiger partial charge in [0, 0.05) is 12.6 Å². The summed E-state index contributed by atoms with van der Waals surface area (Å²) in [6.07, 6.45) is 2.69. The van der Waals surface area contributed by atoms with Gasteiger partial charge in [0.2, 0.25) is 0 Å². The van der Waals surface area contributed by atoms with Crippen LogP contribution < -0.4 is 5.73 Å². The molecule has 0 radical (unpaired) electrons. The molecule has 2 atom stereocenters. The van der Waals surface area contributed by atoms with Crippen LogP contribution in [0.4, 0.5) is 8.78 Å². The van der Waals surface area contributed by atoms with Gasteiger partial charge >= 0.3 is 0 Å². The smallest absolute Gasteiger partial charge is 0.261 e. The molecule has 0 saturated carbocycles. The number of aryl methyl sites for hydroxylation is 1. The monoisotopic (exact) mass is 283 g/mol. The van der Waals surface area contributed by atoms with Gasteiger partial charge in [-0.2, -0.15) is 0 Å². The van der Waals surface area contributed by atoms with Gasteiger partial charge in [-0.1, -0.05) is 24.3 Å². The predicted octanol–water partition coefficient (Wildman–Crippen LogP) is 3.50. The molecule has 0 saturated heterocycles. The summed E-state index contributed by atoms with van der Waals surface area (Å²) in [5.74, 6) is 0.505. The summed E-state index contributed by atoms with van der Waals surface area (Å²) in [6.45, 7) is -0.168. The van der Waals surface area contributed by atoms with E-state index >= 15 is 0 Å². The summed E-state index contributed by atoms with van der Waals surface area (Å²) in [4.78, 5) is 0. The number of benzene rings is 1. The third kappa shape index (κ3) is 4.53. The maximum Gasteiger partial charge on any atom is 0.261 e. The minimum Gasteiger partial charge on any atom is -0.375 e. The van der Waals surface area contributed by atoms with Gasteiger partial charge in [0.15, 0.2) is 0 Å². The Hall–Kier alpha value is -1.00. The second-order valence-corrected chi connectivity index (χ2v) is 5.54. The summed E-state index contributed by atoms with van der Waals surface area (Å²) in [7, 11) is 0. The van der Waals surface area contributed by atoms with E-state index in [0.717, 1.165) is 12.8 Å². The normalized spacial score (nSPS) is 19.9. The lowest BCUT2D eigenvalue weighted by molar-refractivity contribution is 0.0149. The molecule has 2 nitrogen and oxygen atoms in total. The molecule has 2 rings (SSSR count). The highest BCUT2D eigenvalue weighted by Gasteiger charge is 2.21. The van der Waals surface area contributed by atoms with Crippen molar-refractivity contribution in [3.05, 3.63) is 35.4 Å². The molecule has 2 N–H and O–H groups in total. The summed E-state index contributed by atoms with van der Waals surface area (Å²) in [6, 6.07) is 8.56. The van der Waals surface area contributed by atoms with Crippen LogP contribution in [0.1, 0.15) is 42.7 Å². The van der Waals surface area contributed by atoms with Crippen LogP contribution >= 0.6 is 0 Å². The van der Waals surface area contributed by atoms with Crippen LogP contribution in [0.15, 0.2) is 24.3 Å². The SMILES string of the molecule is NC(CCOCC(F)F)CC1CCCc2ccccc21. The van der Waals surface area contributed by atoms with Crippen LogP contribution in [-0.4, -0.2) is 25.7 Å². The number of fused-ring (bicyclic) bond motifs is 1. The first kappa shape index (κ1) is 15.4. The van der Waals surface area contributed by atoms with Gasteiger partial charge in [-0.3, -0.25) is 0 Å². The summed E-state index contributed by atoms with van der Waals surface area (Å²) < 4.78 is 28.8. The van der Waals surface area contributed by atoms with Crippen molar-refractivity contribution in [1.29, 1.82) is 0 Å². The van der Waals surface area contributed by atoms with Crippen LogP contribution in [-0.2, 0) is 11.2 Å². The fraction of sp³-hybridized carbons (Fsp3) is 0.625. The van der Waals surface area contributed by atoms with Crippen molar-refractivity contribution in [3.63, 3.8) is 0 Å². The van der Waals surface area contributed by atoms with Gasteiger partial charge in [0.1, 0.15) is 6.61 Å². The fourth-order valence-corrected chi connectivity index (χ4v) is 2.99. The van der Waals surface area contributed by atoms with E-state index in [1.807, 2.05) is 0 Å². The minimum absolute atomic E-state index is 0.0174. The number of rotatable bonds is 7. The Morgan fingerprint density at radius 2 is 2.10 bits per heavy atom. The first-order valence-corrected chi connectivity index (χ1v) is 7.36. The number of hydrogen-bond donors (Lipinski definition) is 1. The molecule has 0 heterocycles. The molecule has 0 aliphatic heterocycles. The number of alkyl halides is 2. The van der Waals surface area contributed by atoms with Gasteiger partial charge in [-0.25, -0.2) is 8.78 Å². The molecule has 0 fully saturated rings. The van der Waals surface area contributed by atoms with Crippen molar-refractivity contribution in [2.75, 3.05) is 13.2 Å². The minimum atomic E-state index is -2.39. The molecule has 0 spiro atoms. The number of hydrogen-bond acceptors (Lipinski definition) is 2. The lowest BCUT2D eigenvalue weighted by atomic mass is 9.79. The van der Waals surface area contributed by atoms with Crippen LogP contribution in [0.3, 0.4) is 0 Å². The standard InChI is InChI=1S/C16H23F2NO/c17-16(18)11-20-9-8-14(19)10-13-6-3-5-12-4-1-2-7-15(12)13/h1-2,4,7,13-14,16H,3,5-6,8-11,19H2. The van der Waals surface area contributed by atoms with Crippen LogP contribution in [0.2, 0.25) is 0 Å². The Balaban J connectivity index is 1.79. The van der Waals surface area contributed by atoms with E-state index in [2.05, 4.69) is 24.3 Å². The summed E-state index contributed by atoms with van der Waals surface area (Å²) >= 11 is 0. The van der Waals surface area contributed by atoms with E-state index in [-0.39, 0.29) is 6.04 Å². The maximum absolute atomic E-state index is 11.9. The molecule has 0 bridgehead atoms. The second-order valence-electron chi connectivity index (χ2n) is 5.54. The Morgan fingerprint density at radius 1 is 1.30 bits per heavy atom. The Morgan fingerprint density at radius 3 is 2.90 bits per heavy atom. The van der Waals surface area contributed by atoms with E-state index in [0.29, 0.717) is 18.9 Å². The van der Waals surface area contributed by atoms with Gasteiger partial charge in [0.05, 0.1) is 0 Å². The molecule has 1 aliphatic rings. The highest BCUT2D eigenvalue weighted by molar-refractivity contribution is 5.32. The van der Waals surface area contributed by atoms with E-state index in [1.165, 1.54) is 24.0 Å². The molecular weight excluding hydrogens is 260 g/mol. The fourth-order valence-electron chi connectivity index (χ4n) is 2.99. The van der Waals surface area contributed by atoms with Crippen LogP contribution in [0.25, 0.3) is 0 Å². The van der Waals surface area contributed by atoms with Crippen molar-refractivity contribution >= 4 is 0 Å². The van der Waals surface area contributed by atoms with E-state index < -0.39 is 13.0 Å². The lowest BCUT2D eigenvalue weighted by Gasteiger charge is -2.27. The van der Waals surface area contributed by atoms with Crippen LogP contribution in [0, 0.1) is 0 Å². The summed E-state index contributed by atoms with van der Waals surface area (Å²) in [5, 5.41) is 0. The van der Waals surface area contributed by atoms with Gasteiger partial charge in [0.25, 0.3) is 6.43 Å². The van der Waals surface area contributed by atoms with Crippen molar-refractivity contribution in [2.24, 2.45) is 5.73 Å². The molecule has 112 valence electrons. The molecule has 1 aromatic carbocycles. The van der Waals surface area contributed by atoms with Gasteiger partial charge in [-0.05, 0) is 49.1 Å². The van der Waals surface area contributed by atoms with E-state index in [1.54, 1.807) is 0 Å². The largest absolute Gasteiger partial charge is 0.375 e. The maximum atomic E-state index is 11.9. The van der Waals surface area contributed by atoms with Crippen molar-refractivity contribution in [2.45, 2.75) is 50.5 Å². The molecule has 0 aromatic heterocycles. The second kappa shape index (κ2) is 7.70. The van der Waals surface area contributed by atoms with Crippen molar-refractivity contribution in [3.8, 4) is 0 Å². The molecule has 0 amide bonds. The average Bonchev–Trinajstić information content (AvgIpc) is 2.44. The van der Waals surface area contributed by atoms with Crippen molar-refractivity contribution in [1.82, 2.24) is 0 Å². The Kier molecular flexibility index (Phi) is 5.92. The topological polar surface area (TPSA) is 35.2 Å². The third-order valence-corrected chi connectivity index (χ3v) is 3.96. The van der Waals surface area contributed by atoms with E-state index in [9.17, 15) is 8.78 Å². The first-order chi connectivity index (χ1) is 9.66. The molecule has 20 heavy (non-hydrogen) atoms. The zero-order valence-electron chi connectivity index (χ0n) is 11.7. The Labute approximate surface area is 119 Å². The third-order valence-electron chi connectivity index (χ3n) is 3.96. The molecular formula is C16H23F2NO. The molecule has 4 heteroatoms. The lowest BCUT2D eigenvalue weighted by Crippen LogP contribution is -2.26. The molecule has 1 aromatic rings. The molecule has 2 unspecified atom stereocenters. The zero-order chi connectivity index (χ0) is 14.4. The zero-order valence-corrected chi connectivity index (χ0v) is 11.7. The number of ether oxygens (including phenoxy) is 1. The highest BCUT2D eigenvalue weighted by Crippen LogP contribution is 2.34. The van der Waals surface area contributed by atoms with Gasteiger partial charge < -0.3 is 10.5 Å². The Bertz CT molecular complexity index is 411. The van der Waals surface area contributed by atoms with E-state index in [4.69, 9.17) is 10.5 Å². The predicted molar refractivity (Wildman–Crippen MR) is 76.2 cm³/mol. The number of nitrogens with two attached hydrogens (primary N) is 1.